The highest BCUT2D eigenvalue weighted by Gasteiger charge is 2.13. The van der Waals surface area contributed by atoms with Gasteiger partial charge in [0, 0.05) is 24.2 Å². The first kappa shape index (κ1) is 22.6. The van der Waals surface area contributed by atoms with Gasteiger partial charge in [0.2, 0.25) is 0 Å². The molecule has 0 aliphatic heterocycles. The molecule has 0 aliphatic carbocycles. The predicted octanol–water partition coefficient (Wildman–Crippen LogP) is 5.22. The first-order valence-corrected chi connectivity index (χ1v) is 11.1. The molecule has 0 saturated carbocycles. The van der Waals surface area contributed by atoms with Gasteiger partial charge < -0.3 is 18.8 Å². The molecule has 1 aromatic heterocycles. The van der Waals surface area contributed by atoms with Crippen LogP contribution in [-0.4, -0.2) is 31.3 Å². The zero-order valence-electron chi connectivity index (χ0n) is 18.2. The number of fused-ring (bicyclic) bond motifs is 1. The van der Waals surface area contributed by atoms with Gasteiger partial charge in [0.15, 0.2) is 16.3 Å². The van der Waals surface area contributed by atoms with Crippen molar-refractivity contribution in [1.82, 2.24) is 4.57 Å². The van der Waals surface area contributed by atoms with Crippen LogP contribution >= 0.6 is 11.3 Å². The lowest BCUT2D eigenvalue weighted by Gasteiger charge is -2.08. The fraction of sp³-hybridized carbons (Fsp3) is 0.333. The normalized spacial score (nSPS) is 11.5. The highest BCUT2D eigenvalue weighted by Crippen LogP contribution is 2.33. The Bertz CT molecular complexity index is 1130. The van der Waals surface area contributed by atoms with E-state index in [1.807, 2.05) is 28.8 Å². The van der Waals surface area contributed by atoms with Gasteiger partial charge in [-0.25, -0.2) is 0 Å². The summed E-state index contributed by atoms with van der Waals surface area (Å²) in [7, 11) is 3.20. The van der Waals surface area contributed by atoms with Crippen molar-refractivity contribution in [3.05, 3.63) is 59.4 Å². The summed E-state index contributed by atoms with van der Waals surface area (Å²) < 4.78 is 19.5. The van der Waals surface area contributed by atoms with Crippen molar-refractivity contribution in [2.75, 3.05) is 20.8 Å². The van der Waals surface area contributed by atoms with Crippen LogP contribution in [0.15, 0.2) is 54.0 Å². The van der Waals surface area contributed by atoms with E-state index in [1.165, 1.54) is 11.3 Å². The Labute approximate surface area is 186 Å². The molecule has 1 amide bonds. The highest BCUT2D eigenvalue weighted by molar-refractivity contribution is 7.16. The summed E-state index contributed by atoms with van der Waals surface area (Å²) in [6.45, 7) is 7.14. The number of methoxy groups -OCH3 is 2. The minimum absolute atomic E-state index is 0.317. The molecule has 0 unspecified atom stereocenters. The van der Waals surface area contributed by atoms with Crippen LogP contribution in [0.25, 0.3) is 10.2 Å². The van der Waals surface area contributed by atoms with Crippen LogP contribution in [0.2, 0.25) is 0 Å². The molecule has 1 heterocycles. The number of rotatable bonds is 10. The highest BCUT2D eigenvalue weighted by atomic mass is 32.1. The summed E-state index contributed by atoms with van der Waals surface area (Å²) in [5, 5.41) is 0. The smallest absolute Gasteiger partial charge is 0.279 e. The van der Waals surface area contributed by atoms with Crippen molar-refractivity contribution in [3.8, 4) is 17.2 Å². The van der Waals surface area contributed by atoms with E-state index in [9.17, 15) is 4.79 Å². The maximum Gasteiger partial charge on any atom is 0.279 e. The van der Waals surface area contributed by atoms with Crippen LogP contribution in [0.1, 0.15) is 36.5 Å². The molecular formula is C24H28N2O4S. The van der Waals surface area contributed by atoms with E-state index in [1.54, 1.807) is 32.4 Å². The number of carbonyl (C=O) groups is 1. The SMILES string of the molecule is C=CCn1c(=NC(=O)c2cccc(OCCCCC)c2)sc2cc(OC)c(OC)cc21. The number of aromatic nitrogens is 1. The van der Waals surface area contributed by atoms with Crippen molar-refractivity contribution in [3.63, 3.8) is 0 Å². The minimum Gasteiger partial charge on any atom is -0.494 e. The number of benzene rings is 2. The number of amides is 1. The molecule has 2 aromatic carbocycles. The standard InChI is InChI=1S/C24H28N2O4S/c1-5-7-8-13-30-18-11-9-10-17(14-18)23(27)25-24-26(12-6-2)19-15-20(28-3)21(29-4)16-22(19)31-24/h6,9-11,14-16H,2,5,7-8,12-13H2,1,3-4H3. The summed E-state index contributed by atoms with van der Waals surface area (Å²) >= 11 is 1.42. The van der Waals surface area contributed by atoms with Crippen molar-refractivity contribution in [2.24, 2.45) is 4.99 Å². The second-order valence-corrected chi connectivity index (χ2v) is 7.97. The Kier molecular flexibility index (Phi) is 7.89. The molecule has 0 atom stereocenters. The van der Waals surface area contributed by atoms with Crippen LogP contribution in [0.3, 0.4) is 0 Å². The van der Waals surface area contributed by atoms with Gasteiger partial charge in [0.25, 0.3) is 5.91 Å². The molecular weight excluding hydrogens is 412 g/mol. The van der Waals surface area contributed by atoms with Crippen LogP contribution in [0.5, 0.6) is 17.2 Å². The monoisotopic (exact) mass is 440 g/mol. The van der Waals surface area contributed by atoms with Gasteiger partial charge >= 0.3 is 0 Å². The number of hydrogen-bond acceptors (Lipinski definition) is 5. The molecule has 0 aliphatic rings. The van der Waals surface area contributed by atoms with Gasteiger partial charge in [-0.05, 0) is 24.6 Å². The predicted molar refractivity (Wildman–Crippen MR) is 124 cm³/mol. The van der Waals surface area contributed by atoms with Crippen LogP contribution < -0.4 is 19.0 Å². The molecule has 0 bridgehead atoms. The molecule has 3 rings (SSSR count). The molecule has 164 valence electrons. The van der Waals surface area contributed by atoms with E-state index in [0.29, 0.717) is 40.8 Å². The Morgan fingerprint density at radius 3 is 2.65 bits per heavy atom. The van der Waals surface area contributed by atoms with Crippen molar-refractivity contribution in [1.29, 1.82) is 0 Å². The number of thiazole rings is 1. The molecule has 6 nitrogen and oxygen atoms in total. The third-order valence-electron chi connectivity index (χ3n) is 4.79. The topological polar surface area (TPSA) is 62.1 Å². The fourth-order valence-corrected chi connectivity index (χ4v) is 4.25. The molecule has 0 spiro atoms. The van der Waals surface area contributed by atoms with Gasteiger partial charge in [0.1, 0.15) is 5.75 Å². The number of unbranched alkanes of at least 4 members (excludes halogenated alkanes) is 2. The number of nitrogens with zero attached hydrogens (tertiary/aromatic N) is 2. The largest absolute Gasteiger partial charge is 0.494 e. The maximum absolute atomic E-state index is 12.9. The lowest BCUT2D eigenvalue weighted by molar-refractivity contribution is 0.0997. The first-order valence-electron chi connectivity index (χ1n) is 10.3. The molecule has 0 radical (unpaired) electrons. The molecule has 0 N–H and O–H groups in total. The molecule has 0 fully saturated rings. The van der Waals surface area contributed by atoms with Crippen molar-refractivity contribution in [2.45, 2.75) is 32.7 Å². The zero-order valence-corrected chi connectivity index (χ0v) is 19.0. The van der Waals surface area contributed by atoms with Gasteiger partial charge in [0.05, 0.1) is 31.0 Å². The van der Waals surface area contributed by atoms with Crippen LogP contribution in [0, 0.1) is 0 Å². The Morgan fingerprint density at radius 1 is 1.16 bits per heavy atom. The summed E-state index contributed by atoms with van der Waals surface area (Å²) in [4.78, 5) is 17.9. The van der Waals surface area contributed by atoms with Gasteiger partial charge in [-0.15, -0.1) is 6.58 Å². The number of allylic oxidation sites excluding steroid dienone is 1. The molecule has 7 heteroatoms. The van der Waals surface area contributed by atoms with E-state index in [2.05, 4.69) is 18.5 Å². The number of ether oxygens (including phenoxy) is 3. The lowest BCUT2D eigenvalue weighted by atomic mass is 10.2. The van der Waals surface area contributed by atoms with Crippen LogP contribution in [-0.2, 0) is 6.54 Å². The molecule has 31 heavy (non-hydrogen) atoms. The summed E-state index contributed by atoms with van der Waals surface area (Å²) in [5.74, 6) is 1.62. The second-order valence-electron chi connectivity index (χ2n) is 6.96. The maximum atomic E-state index is 12.9. The van der Waals surface area contributed by atoms with Crippen LogP contribution in [0.4, 0.5) is 0 Å². The Balaban J connectivity index is 1.96. The number of hydrogen-bond donors (Lipinski definition) is 0. The molecule has 0 saturated heterocycles. The summed E-state index contributed by atoms with van der Waals surface area (Å²) in [5.41, 5.74) is 1.40. The zero-order chi connectivity index (χ0) is 22.2. The van der Waals surface area contributed by atoms with Crippen molar-refractivity contribution >= 4 is 27.5 Å². The Hall–Kier alpha value is -3.06. The second kappa shape index (κ2) is 10.8. The fourth-order valence-electron chi connectivity index (χ4n) is 3.20. The van der Waals surface area contributed by atoms with Gasteiger partial charge in [-0.1, -0.05) is 43.2 Å². The lowest BCUT2D eigenvalue weighted by Crippen LogP contribution is -2.16. The quantitative estimate of drug-likeness (QED) is 0.320. The van der Waals surface area contributed by atoms with E-state index < -0.39 is 0 Å². The average molecular weight is 441 g/mol. The summed E-state index contributed by atoms with van der Waals surface area (Å²) in [6.07, 6.45) is 5.03. The first-order chi connectivity index (χ1) is 15.1. The van der Waals surface area contributed by atoms with E-state index in [4.69, 9.17) is 14.2 Å². The summed E-state index contributed by atoms with van der Waals surface area (Å²) in [6, 6.07) is 11.0. The van der Waals surface area contributed by atoms with Crippen molar-refractivity contribution < 1.29 is 19.0 Å². The Morgan fingerprint density at radius 2 is 1.94 bits per heavy atom. The van der Waals surface area contributed by atoms with Gasteiger partial charge in [-0.3, -0.25) is 4.79 Å². The van der Waals surface area contributed by atoms with E-state index >= 15 is 0 Å². The van der Waals surface area contributed by atoms with E-state index in [-0.39, 0.29) is 5.91 Å². The molecule has 3 aromatic rings. The van der Waals surface area contributed by atoms with E-state index in [0.717, 1.165) is 29.5 Å². The third kappa shape index (κ3) is 5.35. The minimum atomic E-state index is -0.317. The average Bonchev–Trinajstić information content (AvgIpc) is 3.12. The third-order valence-corrected chi connectivity index (χ3v) is 5.84. The number of carbonyl (C=O) groups excluding carboxylic acids is 1. The van der Waals surface area contributed by atoms with Gasteiger partial charge in [-0.2, -0.15) is 4.99 Å².